The molecule has 5 heteroatoms. The molecule has 0 saturated heterocycles. The van der Waals surface area contributed by atoms with E-state index >= 15 is 0 Å². The van der Waals surface area contributed by atoms with Crippen molar-refractivity contribution < 1.29 is 37.2 Å². The van der Waals surface area contributed by atoms with Crippen LogP contribution in [0, 0.1) is 0 Å². The summed E-state index contributed by atoms with van der Waals surface area (Å²) >= 11 is 0. The molecule has 39 heavy (non-hydrogen) atoms. The van der Waals surface area contributed by atoms with Crippen molar-refractivity contribution in [2.24, 2.45) is 0 Å². The number of hydrogen-bond donors (Lipinski definition) is 1. The van der Waals surface area contributed by atoms with E-state index in [0.717, 1.165) is 24.0 Å². The van der Waals surface area contributed by atoms with Crippen molar-refractivity contribution in [2.75, 3.05) is 0 Å². The Kier molecular flexibility index (Phi) is 24.9. The van der Waals surface area contributed by atoms with Crippen LogP contribution in [-0.2, 0) is 21.9 Å². The molecule has 0 spiro atoms. The number of carbonyl (C=O) groups is 1. The topological polar surface area (TPSA) is 83.4 Å². The zero-order valence-electron chi connectivity index (χ0n) is 24.3. The molecule has 0 fully saturated rings. The molecule has 0 atom stereocenters. The van der Waals surface area contributed by atoms with Crippen LogP contribution in [0.2, 0.25) is 0 Å². The third-order valence-corrected chi connectivity index (χ3v) is 7.02. The molecule has 2 rings (SSSR count). The quantitative estimate of drug-likeness (QED) is 0.0840. The van der Waals surface area contributed by atoms with Gasteiger partial charge in [-0.05, 0) is 36.8 Å². The molecular weight excluding hydrogens is 528 g/mol. The summed E-state index contributed by atoms with van der Waals surface area (Å²) in [7, 11) is 0. The van der Waals surface area contributed by atoms with Gasteiger partial charge in [-0.3, -0.25) is 4.79 Å². The molecule has 1 N–H and O–H groups in total. The molecule has 0 unspecified atom stereocenters. The fourth-order valence-corrected chi connectivity index (χ4v) is 4.63. The van der Waals surface area contributed by atoms with E-state index in [2.05, 4.69) is 6.92 Å². The Morgan fingerprint density at radius 3 is 1.15 bits per heavy atom. The average molecular weight is 581 g/mol. The van der Waals surface area contributed by atoms with Gasteiger partial charge in [0.05, 0.1) is 0 Å². The Hall–Kier alpha value is -1.97. The molecule has 0 aromatic carbocycles. The fourth-order valence-electron chi connectivity index (χ4n) is 4.63. The molecule has 2 aliphatic rings. The molecule has 4 nitrogen and oxygen atoms in total. The summed E-state index contributed by atoms with van der Waals surface area (Å²) in [5.41, 5.74) is 1.61. The van der Waals surface area contributed by atoms with E-state index in [1.165, 1.54) is 89.9 Å². The van der Waals surface area contributed by atoms with Gasteiger partial charge < -0.3 is 15.3 Å². The molecule has 220 valence electrons. The summed E-state index contributed by atoms with van der Waals surface area (Å²) in [6.45, 7) is 2.28. The zero-order chi connectivity index (χ0) is 27.7. The molecule has 0 amide bonds. The van der Waals surface area contributed by atoms with Crippen LogP contribution in [0.5, 0.6) is 0 Å². The van der Waals surface area contributed by atoms with E-state index in [1.807, 2.05) is 36.5 Å². The first-order valence-electron chi connectivity index (χ1n) is 15.3. The number of carboxylic acid groups (broad SMARTS) is 1. The monoisotopic (exact) mass is 580 g/mol. The summed E-state index contributed by atoms with van der Waals surface area (Å²) in [5, 5.41) is 31.6. The van der Waals surface area contributed by atoms with Crippen molar-refractivity contribution in [2.45, 2.75) is 135 Å². The van der Waals surface area contributed by atoms with E-state index in [1.54, 1.807) is 12.2 Å². The summed E-state index contributed by atoms with van der Waals surface area (Å²) in [4.78, 5) is 10.2. The maximum absolute atomic E-state index is 11.8. The summed E-state index contributed by atoms with van der Waals surface area (Å²) in [5.74, 6) is -0.388. The zero-order valence-corrected chi connectivity index (χ0v) is 25.4. The van der Waals surface area contributed by atoms with Crippen LogP contribution < -0.4 is 10.2 Å². The first-order chi connectivity index (χ1) is 18.5. The predicted octanol–water partition coefficient (Wildman–Crippen LogP) is 8.36. The van der Waals surface area contributed by atoms with Gasteiger partial charge in [0, 0.05) is 6.42 Å². The van der Waals surface area contributed by atoms with Crippen molar-refractivity contribution in [3.05, 3.63) is 71.3 Å². The average Bonchev–Trinajstić information content (AvgIpc) is 3.64. The SMILES string of the molecule is CCCCCCCCCCCCCCCCCC([O-])=C1C=CC=C1.O=C(O)CCCCC([O-])=C1C=CC=C1.[Fe+2]. The number of hydrogen-bond acceptors (Lipinski definition) is 3. The maximum Gasteiger partial charge on any atom is 2.00 e. The normalized spacial score (nSPS) is 12.9. The Balaban J connectivity index is 0.000000821. The number of carboxylic acids is 1. The van der Waals surface area contributed by atoms with Crippen molar-refractivity contribution in [1.29, 1.82) is 0 Å². The number of aliphatic carboxylic acids is 1. The van der Waals surface area contributed by atoms with Crippen molar-refractivity contribution in [3.8, 4) is 0 Å². The Morgan fingerprint density at radius 2 is 0.821 bits per heavy atom. The molecule has 0 radical (unpaired) electrons. The van der Waals surface area contributed by atoms with Gasteiger partial charge in [0.25, 0.3) is 0 Å². The van der Waals surface area contributed by atoms with E-state index in [9.17, 15) is 15.0 Å². The molecule has 0 aromatic rings. The summed E-state index contributed by atoms with van der Waals surface area (Å²) in [6.07, 6.45) is 38.0. The Morgan fingerprint density at radius 1 is 0.538 bits per heavy atom. The van der Waals surface area contributed by atoms with Gasteiger partial charge in [-0.15, -0.1) is 11.5 Å². The molecular formula is C34H52FeO4. The summed E-state index contributed by atoms with van der Waals surface area (Å²) in [6, 6.07) is 0. The van der Waals surface area contributed by atoms with E-state index in [-0.39, 0.29) is 29.2 Å². The van der Waals surface area contributed by atoms with Gasteiger partial charge in [0.1, 0.15) is 0 Å². The number of unbranched alkanes of at least 4 members (excludes halogenated alkanes) is 15. The van der Waals surface area contributed by atoms with Crippen LogP contribution >= 0.6 is 0 Å². The molecule has 0 aromatic heterocycles. The number of rotatable bonds is 21. The first kappa shape index (κ1) is 37.0. The maximum atomic E-state index is 11.8. The van der Waals surface area contributed by atoms with Crippen LogP contribution in [-0.4, -0.2) is 11.1 Å². The predicted molar refractivity (Wildman–Crippen MR) is 156 cm³/mol. The second kappa shape index (κ2) is 26.3. The minimum absolute atomic E-state index is 0. The molecule has 0 heterocycles. The van der Waals surface area contributed by atoms with Crippen LogP contribution in [0.15, 0.2) is 71.3 Å². The van der Waals surface area contributed by atoms with Crippen LogP contribution in [0.3, 0.4) is 0 Å². The minimum atomic E-state index is -0.800. The third kappa shape index (κ3) is 21.5. The van der Waals surface area contributed by atoms with Gasteiger partial charge in [-0.1, -0.05) is 152 Å². The van der Waals surface area contributed by atoms with E-state index in [4.69, 9.17) is 5.11 Å². The van der Waals surface area contributed by atoms with Crippen LogP contribution in [0.25, 0.3) is 0 Å². The second-order valence-corrected chi connectivity index (χ2v) is 10.5. The Labute approximate surface area is 249 Å². The Bertz CT molecular complexity index is 789. The second-order valence-electron chi connectivity index (χ2n) is 10.5. The van der Waals surface area contributed by atoms with Gasteiger partial charge in [0.2, 0.25) is 0 Å². The first-order valence-corrected chi connectivity index (χ1v) is 15.3. The summed E-state index contributed by atoms with van der Waals surface area (Å²) < 4.78 is 0. The van der Waals surface area contributed by atoms with Gasteiger partial charge >= 0.3 is 23.0 Å². The van der Waals surface area contributed by atoms with Crippen LogP contribution in [0.1, 0.15) is 135 Å². The smallest absolute Gasteiger partial charge is 0.875 e. The van der Waals surface area contributed by atoms with Crippen LogP contribution in [0.4, 0.5) is 0 Å². The molecule has 0 aliphatic heterocycles. The van der Waals surface area contributed by atoms with Crippen molar-refractivity contribution >= 4 is 5.97 Å². The third-order valence-electron chi connectivity index (χ3n) is 7.02. The van der Waals surface area contributed by atoms with Gasteiger partial charge in [0.15, 0.2) is 0 Å². The van der Waals surface area contributed by atoms with Gasteiger partial charge in [-0.25, -0.2) is 0 Å². The molecule has 0 bridgehead atoms. The molecule has 0 saturated carbocycles. The van der Waals surface area contributed by atoms with Crippen molar-refractivity contribution in [3.63, 3.8) is 0 Å². The minimum Gasteiger partial charge on any atom is -0.875 e. The fraction of sp³-hybridized carbons (Fsp3) is 0.618. The standard InChI is InChI=1S/C23H40O.C11H14O3.Fe/c1-2-3-4-5-6-7-8-9-10-11-12-13-14-15-16-21-23(24)22-19-17-18-20-22;12-10(9-5-1-2-6-9)7-3-4-8-11(13)14;/h17-20,24H,2-16,21H2,1H3;1-2,5-6,12H,3-4,7-8H2,(H,13,14);/q;;+2/p-2. The van der Waals surface area contributed by atoms with Gasteiger partial charge in [-0.2, -0.15) is 0 Å². The van der Waals surface area contributed by atoms with E-state index in [0.29, 0.717) is 25.0 Å². The number of allylic oxidation sites excluding steroid dienone is 12. The molecule has 2 aliphatic carbocycles. The van der Waals surface area contributed by atoms with E-state index < -0.39 is 5.97 Å². The van der Waals surface area contributed by atoms with Crippen molar-refractivity contribution in [1.82, 2.24) is 0 Å². The largest absolute Gasteiger partial charge is 2.00 e.